The molecule has 0 radical (unpaired) electrons. The Morgan fingerprint density at radius 2 is 2.50 bits per heavy atom. The third-order valence-electron chi connectivity index (χ3n) is 1.42. The fraction of sp³-hybridized carbons (Fsp3) is 1.00. The van der Waals surface area contributed by atoms with Crippen molar-refractivity contribution in [2.75, 3.05) is 20.3 Å². The van der Waals surface area contributed by atoms with Gasteiger partial charge in [-0.1, -0.05) is 0 Å². The second kappa shape index (κ2) is 2.44. The number of rotatable bonds is 1. The van der Waals surface area contributed by atoms with Crippen molar-refractivity contribution in [3.05, 3.63) is 5.21 Å². The Kier molecular flexibility index (Phi) is 1.83. The SMILES string of the molecule is CN([O-])C1CCOC1. The molecular weight excluding hydrogens is 106 g/mol. The minimum Gasteiger partial charge on any atom is -0.785 e. The highest BCUT2D eigenvalue weighted by atomic mass is 16.5. The first-order valence-electron chi connectivity index (χ1n) is 2.78. The summed E-state index contributed by atoms with van der Waals surface area (Å²) in [5, 5.41) is 11.4. The van der Waals surface area contributed by atoms with Gasteiger partial charge in [0.1, 0.15) is 0 Å². The van der Waals surface area contributed by atoms with Gasteiger partial charge < -0.3 is 15.0 Å². The standard InChI is InChI=1S/C5H10NO2/c1-6(7)5-2-3-8-4-5/h5H,2-4H2,1H3/q-1. The molecule has 1 atom stereocenters. The van der Waals surface area contributed by atoms with E-state index in [1.54, 1.807) is 7.05 Å². The monoisotopic (exact) mass is 116 g/mol. The van der Waals surface area contributed by atoms with Crippen molar-refractivity contribution in [3.8, 4) is 0 Å². The van der Waals surface area contributed by atoms with Crippen LogP contribution in [0.1, 0.15) is 6.42 Å². The van der Waals surface area contributed by atoms with E-state index in [1.807, 2.05) is 0 Å². The molecule has 0 aromatic heterocycles. The van der Waals surface area contributed by atoms with Crippen LogP contribution in [0.25, 0.3) is 0 Å². The lowest BCUT2D eigenvalue weighted by Crippen LogP contribution is -2.25. The molecule has 0 amide bonds. The molecule has 3 heteroatoms. The Balaban J connectivity index is 2.24. The first-order chi connectivity index (χ1) is 3.80. The minimum atomic E-state index is 0.120. The van der Waals surface area contributed by atoms with Crippen LogP contribution >= 0.6 is 0 Å². The average Bonchev–Trinajstić information content (AvgIpc) is 2.12. The summed E-state index contributed by atoms with van der Waals surface area (Å²) in [6.07, 6.45) is 0.889. The van der Waals surface area contributed by atoms with E-state index in [2.05, 4.69) is 0 Å². The average molecular weight is 116 g/mol. The van der Waals surface area contributed by atoms with Crippen molar-refractivity contribution < 1.29 is 4.74 Å². The molecular formula is C5H10NO2-. The lowest BCUT2D eigenvalue weighted by Gasteiger charge is -2.28. The number of likely N-dealkylation sites (N-methyl/N-ethyl adjacent to an activating group) is 1. The molecule has 8 heavy (non-hydrogen) atoms. The molecule has 3 nitrogen and oxygen atoms in total. The van der Waals surface area contributed by atoms with E-state index in [-0.39, 0.29) is 6.04 Å². The van der Waals surface area contributed by atoms with Gasteiger partial charge in [-0.2, -0.15) is 0 Å². The molecule has 0 spiro atoms. The van der Waals surface area contributed by atoms with Crippen molar-refractivity contribution in [2.24, 2.45) is 0 Å². The van der Waals surface area contributed by atoms with Crippen LogP contribution in [0.3, 0.4) is 0 Å². The van der Waals surface area contributed by atoms with Crippen LogP contribution < -0.4 is 0 Å². The molecule has 1 saturated heterocycles. The van der Waals surface area contributed by atoms with Gasteiger partial charge in [0.25, 0.3) is 0 Å². The van der Waals surface area contributed by atoms with Gasteiger partial charge in [0.15, 0.2) is 0 Å². The Morgan fingerprint density at radius 1 is 1.75 bits per heavy atom. The van der Waals surface area contributed by atoms with Crippen molar-refractivity contribution >= 4 is 0 Å². The summed E-state index contributed by atoms with van der Waals surface area (Å²) in [5.41, 5.74) is 0. The lowest BCUT2D eigenvalue weighted by molar-refractivity contribution is 0.175. The summed E-state index contributed by atoms with van der Waals surface area (Å²) in [4.78, 5) is 0. The fourth-order valence-electron chi connectivity index (χ4n) is 0.809. The summed E-state index contributed by atoms with van der Waals surface area (Å²) < 4.78 is 4.98. The van der Waals surface area contributed by atoms with Gasteiger partial charge in [-0.05, 0) is 13.5 Å². The van der Waals surface area contributed by atoms with Gasteiger partial charge in [-0.3, -0.25) is 0 Å². The Morgan fingerprint density at radius 3 is 2.75 bits per heavy atom. The number of hydrogen-bond acceptors (Lipinski definition) is 3. The van der Waals surface area contributed by atoms with Crippen LogP contribution in [0.5, 0.6) is 0 Å². The predicted octanol–water partition coefficient (Wildman–Crippen LogP) is 0.205. The molecule has 0 N–H and O–H groups in total. The number of hydroxylamine groups is 2. The zero-order valence-electron chi connectivity index (χ0n) is 4.96. The molecule has 0 aromatic rings. The van der Waals surface area contributed by atoms with Gasteiger partial charge in [0, 0.05) is 12.6 Å². The van der Waals surface area contributed by atoms with Crippen molar-refractivity contribution in [1.82, 2.24) is 5.06 Å². The molecule has 1 rings (SSSR count). The summed E-state index contributed by atoms with van der Waals surface area (Å²) in [7, 11) is 1.54. The van der Waals surface area contributed by atoms with Gasteiger partial charge in [0.05, 0.1) is 6.61 Å². The van der Waals surface area contributed by atoms with E-state index in [1.165, 1.54) is 0 Å². The molecule has 0 aliphatic carbocycles. The smallest absolute Gasteiger partial charge is 0.0613 e. The molecule has 0 aromatic carbocycles. The summed E-state index contributed by atoms with van der Waals surface area (Å²) >= 11 is 0. The molecule has 0 bridgehead atoms. The maximum atomic E-state index is 10.5. The van der Waals surface area contributed by atoms with Crippen molar-refractivity contribution in [1.29, 1.82) is 0 Å². The van der Waals surface area contributed by atoms with Crippen LogP contribution in [0.4, 0.5) is 0 Å². The molecule has 1 aliphatic rings. The van der Waals surface area contributed by atoms with Crippen LogP contribution in [0.15, 0.2) is 0 Å². The molecule has 0 saturated carbocycles. The zero-order valence-corrected chi connectivity index (χ0v) is 4.96. The van der Waals surface area contributed by atoms with Gasteiger partial charge in [0.2, 0.25) is 0 Å². The van der Waals surface area contributed by atoms with Gasteiger partial charge in [-0.25, -0.2) is 0 Å². The van der Waals surface area contributed by atoms with Crippen LogP contribution in [0.2, 0.25) is 0 Å². The first-order valence-corrected chi connectivity index (χ1v) is 2.78. The highest BCUT2D eigenvalue weighted by Gasteiger charge is 2.13. The van der Waals surface area contributed by atoms with E-state index < -0.39 is 0 Å². The first kappa shape index (κ1) is 6.01. The Bertz CT molecular complexity index is 68.8. The second-order valence-electron chi connectivity index (χ2n) is 2.06. The largest absolute Gasteiger partial charge is 0.785 e. The maximum Gasteiger partial charge on any atom is 0.0613 e. The van der Waals surface area contributed by atoms with Gasteiger partial charge in [-0.15, -0.1) is 0 Å². The summed E-state index contributed by atoms with van der Waals surface area (Å²) in [5.74, 6) is 0. The molecule has 48 valence electrons. The third kappa shape index (κ3) is 1.18. The van der Waals surface area contributed by atoms with Crippen LogP contribution in [-0.4, -0.2) is 31.4 Å². The topological polar surface area (TPSA) is 35.5 Å². The number of hydrogen-bond donors (Lipinski definition) is 0. The summed E-state index contributed by atoms with van der Waals surface area (Å²) in [6.45, 7) is 1.36. The van der Waals surface area contributed by atoms with Gasteiger partial charge >= 0.3 is 0 Å². The molecule has 1 aliphatic heterocycles. The van der Waals surface area contributed by atoms with E-state index in [0.29, 0.717) is 6.61 Å². The number of nitrogens with zero attached hydrogens (tertiary/aromatic N) is 1. The summed E-state index contributed by atoms with van der Waals surface area (Å²) in [6, 6.07) is 0.120. The fourth-order valence-corrected chi connectivity index (χ4v) is 0.809. The highest BCUT2D eigenvalue weighted by molar-refractivity contribution is 4.72. The van der Waals surface area contributed by atoms with Crippen LogP contribution in [0, 0.1) is 5.21 Å². The maximum absolute atomic E-state index is 10.5. The molecule has 1 unspecified atom stereocenters. The van der Waals surface area contributed by atoms with E-state index >= 15 is 0 Å². The van der Waals surface area contributed by atoms with E-state index in [0.717, 1.165) is 18.1 Å². The van der Waals surface area contributed by atoms with Crippen molar-refractivity contribution in [3.63, 3.8) is 0 Å². The quantitative estimate of drug-likeness (QED) is 0.459. The zero-order chi connectivity index (χ0) is 5.98. The second-order valence-corrected chi connectivity index (χ2v) is 2.06. The predicted molar refractivity (Wildman–Crippen MR) is 30.4 cm³/mol. The van der Waals surface area contributed by atoms with Crippen LogP contribution in [-0.2, 0) is 4.74 Å². The number of ether oxygens (including phenoxy) is 1. The van der Waals surface area contributed by atoms with E-state index in [9.17, 15) is 5.21 Å². The Hall–Kier alpha value is -0.120. The van der Waals surface area contributed by atoms with E-state index in [4.69, 9.17) is 4.74 Å². The highest BCUT2D eigenvalue weighted by Crippen LogP contribution is 2.07. The third-order valence-corrected chi connectivity index (χ3v) is 1.42. The molecule has 1 heterocycles. The lowest BCUT2D eigenvalue weighted by atomic mass is 10.3. The molecule has 1 fully saturated rings. The normalized spacial score (nSPS) is 29.6. The van der Waals surface area contributed by atoms with Crippen molar-refractivity contribution in [2.45, 2.75) is 12.5 Å². The Labute approximate surface area is 48.8 Å². The minimum absolute atomic E-state index is 0.120.